The second-order valence-corrected chi connectivity index (χ2v) is 5.74. The highest BCUT2D eigenvalue weighted by Crippen LogP contribution is 2.26. The molecule has 1 aromatic rings. The van der Waals surface area contributed by atoms with Gasteiger partial charge in [0, 0.05) is 11.6 Å². The van der Waals surface area contributed by atoms with Crippen molar-refractivity contribution in [1.82, 2.24) is 4.90 Å². The smallest absolute Gasteiger partial charge is 0.426 e. The zero-order valence-corrected chi connectivity index (χ0v) is 12.7. The van der Waals surface area contributed by atoms with Gasteiger partial charge >= 0.3 is 12.1 Å². The molecule has 0 N–H and O–H groups in total. The molecule has 7 heteroatoms. The van der Waals surface area contributed by atoms with Gasteiger partial charge in [0.2, 0.25) is 6.10 Å². The van der Waals surface area contributed by atoms with E-state index in [0.717, 1.165) is 19.3 Å². The van der Waals surface area contributed by atoms with Crippen molar-refractivity contribution >= 4 is 17.6 Å². The Hall–Kier alpha value is -1.27. The number of ether oxygens (including phenoxy) is 1. The highest BCUT2D eigenvalue weighted by Gasteiger charge is 2.44. The number of alkyl halides is 3. The average molecular weight is 336 g/mol. The third kappa shape index (κ3) is 4.88. The number of nitrogens with zero attached hydrogens (tertiary/aromatic N) is 1. The predicted molar refractivity (Wildman–Crippen MR) is 77.0 cm³/mol. The highest BCUT2D eigenvalue weighted by atomic mass is 35.5. The lowest BCUT2D eigenvalue weighted by Gasteiger charge is -2.31. The van der Waals surface area contributed by atoms with Crippen molar-refractivity contribution in [3.8, 4) is 0 Å². The van der Waals surface area contributed by atoms with Crippen molar-refractivity contribution in [2.45, 2.75) is 31.5 Å². The van der Waals surface area contributed by atoms with E-state index in [0.29, 0.717) is 13.1 Å². The topological polar surface area (TPSA) is 29.5 Å². The number of halogens is 4. The minimum absolute atomic E-state index is 0.0143. The zero-order chi connectivity index (χ0) is 16.2. The average Bonchev–Trinajstić information content (AvgIpc) is 2.46. The summed E-state index contributed by atoms with van der Waals surface area (Å²) in [6.07, 6.45) is -3.96. The van der Waals surface area contributed by atoms with E-state index in [1.54, 1.807) is 4.90 Å². The molecule has 2 rings (SSSR count). The van der Waals surface area contributed by atoms with Gasteiger partial charge in [0.1, 0.15) is 0 Å². The Morgan fingerprint density at radius 3 is 2.55 bits per heavy atom. The molecule has 0 radical (unpaired) electrons. The molecule has 3 nitrogen and oxygen atoms in total. The van der Waals surface area contributed by atoms with Crippen LogP contribution in [0.2, 0.25) is 5.02 Å². The van der Waals surface area contributed by atoms with E-state index in [2.05, 4.69) is 0 Å². The van der Waals surface area contributed by atoms with Crippen molar-refractivity contribution in [1.29, 1.82) is 0 Å². The van der Waals surface area contributed by atoms with Crippen LogP contribution in [0.1, 0.15) is 29.6 Å². The Morgan fingerprint density at radius 2 is 1.95 bits per heavy atom. The van der Waals surface area contributed by atoms with Gasteiger partial charge in [-0.1, -0.05) is 24.1 Å². The molecule has 1 heterocycles. The second kappa shape index (κ2) is 7.33. The summed E-state index contributed by atoms with van der Waals surface area (Å²) in [7, 11) is 0. The zero-order valence-electron chi connectivity index (χ0n) is 11.9. The van der Waals surface area contributed by atoms with E-state index in [-0.39, 0.29) is 17.1 Å². The number of carbonyl (C=O) groups is 1. The van der Waals surface area contributed by atoms with Gasteiger partial charge in [0.15, 0.2) is 0 Å². The number of carbonyl (C=O) groups excluding carboxylic acids is 1. The van der Waals surface area contributed by atoms with Crippen LogP contribution in [0.5, 0.6) is 0 Å². The summed E-state index contributed by atoms with van der Waals surface area (Å²) in [5, 5.41) is 0.272. The Morgan fingerprint density at radius 1 is 1.27 bits per heavy atom. The molecule has 0 bridgehead atoms. The third-order valence-corrected chi connectivity index (χ3v) is 3.78. The molecule has 1 aliphatic rings. The van der Waals surface area contributed by atoms with Crippen LogP contribution >= 0.6 is 11.6 Å². The van der Waals surface area contributed by atoms with Crippen LogP contribution in [0, 0.1) is 0 Å². The van der Waals surface area contributed by atoms with Crippen LogP contribution in [0.15, 0.2) is 24.3 Å². The van der Waals surface area contributed by atoms with E-state index in [1.807, 2.05) is 0 Å². The lowest BCUT2D eigenvalue weighted by Crippen LogP contribution is -2.45. The molecule has 1 atom stereocenters. The molecule has 0 aliphatic carbocycles. The molecule has 0 saturated carbocycles. The van der Waals surface area contributed by atoms with Crippen LogP contribution in [0.4, 0.5) is 13.2 Å². The minimum atomic E-state index is -4.59. The molecule has 1 unspecified atom stereocenters. The fraction of sp³-hybridized carbons (Fsp3) is 0.533. The molecule has 122 valence electrons. The Balaban J connectivity index is 2.04. The van der Waals surface area contributed by atoms with Gasteiger partial charge in [-0.2, -0.15) is 13.2 Å². The van der Waals surface area contributed by atoms with E-state index in [1.165, 1.54) is 24.3 Å². The summed E-state index contributed by atoms with van der Waals surface area (Å²) in [6.45, 7) is 0.873. The number of rotatable bonds is 4. The lowest BCUT2D eigenvalue weighted by atomic mass is 10.1. The van der Waals surface area contributed by atoms with Crippen molar-refractivity contribution in [2.24, 2.45) is 0 Å². The molecule has 1 aromatic carbocycles. The number of likely N-dealkylation sites (tertiary alicyclic amines) is 1. The van der Waals surface area contributed by atoms with E-state index < -0.39 is 18.2 Å². The third-order valence-electron chi connectivity index (χ3n) is 3.55. The summed E-state index contributed by atoms with van der Waals surface area (Å²) in [5.74, 6) is -1.01. The predicted octanol–water partition coefficient (Wildman–Crippen LogP) is 3.91. The Kier molecular flexibility index (Phi) is 5.69. The number of piperidine rings is 1. The maximum Gasteiger partial charge on any atom is 0.426 e. The second-order valence-electron chi connectivity index (χ2n) is 5.31. The normalized spacial score (nSPS) is 18.0. The van der Waals surface area contributed by atoms with Gasteiger partial charge in [-0.15, -0.1) is 0 Å². The molecule has 1 aliphatic heterocycles. The van der Waals surface area contributed by atoms with Crippen LogP contribution < -0.4 is 0 Å². The number of esters is 1. The number of hydrogen-bond acceptors (Lipinski definition) is 3. The molecule has 0 amide bonds. The van der Waals surface area contributed by atoms with Gasteiger partial charge in [-0.3, -0.25) is 4.90 Å². The van der Waals surface area contributed by atoms with Crippen LogP contribution in [0.25, 0.3) is 0 Å². The molecular weight excluding hydrogens is 319 g/mol. The summed E-state index contributed by atoms with van der Waals surface area (Å²) in [5.41, 5.74) is 0.0143. The Bertz CT molecular complexity index is 516. The molecule has 0 spiro atoms. The van der Waals surface area contributed by atoms with Crippen LogP contribution in [0.3, 0.4) is 0 Å². The van der Waals surface area contributed by atoms with Crippen molar-refractivity contribution in [3.63, 3.8) is 0 Å². The summed E-state index contributed by atoms with van der Waals surface area (Å²) < 4.78 is 44.0. The first-order valence-corrected chi connectivity index (χ1v) is 7.49. The molecule has 0 aromatic heterocycles. The highest BCUT2D eigenvalue weighted by molar-refractivity contribution is 6.30. The van der Waals surface area contributed by atoms with Gasteiger partial charge in [0.05, 0.1) is 5.56 Å². The van der Waals surface area contributed by atoms with Crippen molar-refractivity contribution < 1.29 is 22.7 Å². The van der Waals surface area contributed by atoms with E-state index in [9.17, 15) is 18.0 Å². The largest absolute Gasteiger partial charge is 0.448 e. The molecular formula is C15H17ClF3NO2. The maximum absolute atomic E-state index is 13.1. The molecule has 22 heavy (non-hydrogen) atoms. The minimum Gasteiger partial charge on any atom is -0.448 e. The summed E-state index contributed by atoms with van der Waals surface area (Å²) in [4.78, 5) is 13.6. The standard InChI is InChI=1S/C15H17ClF3NO2/c16-12-6-4-5-11(9-12)14(21)22-13(15(17,18)19)10-20-7-2-1-3-8-20/h4-6,9,13H,1-3,7-8,10H2. The van der Waals surface area contributed by atoms with Crippen LogP contribution in [-0.4, -0.2) is 42.8 Å². The van der Waals surface area contributed by atoms with Gasteiger partial charge in [-0.25, -0.2) is 4.79 Å². The van der Waals surface area contributed by atoms with Crippen molar-refractivity contribution in [2.75, 3.05) is 19.6 Å². The Labute approximate surface area is 132 Å². The van der Waals surface area contributed by atoms with Gasteiger partial charge < -0.3 is 4.74 Å². The first-order valence-electron chi connectivity index (χ1n) is 7.12. The summed E-state index contributed by atoms with van der Waals surface area (Å²) in [6, 6.07) is 5.69. The SMILES string of the molecule is O=C(OC(CN1CCCCC1)C(F)(F)F)c1cccc(Cl)c1. The fourth-order valence-electron chi connectivity index (χ4n) is 2.40. The van der Waals surface area contributed by atoms with Gasteiger partial charge in [0.25, 0.3) is 0 Å². The quantitative estimate of drug-likeness (QED) is 0.781. The monoisotopic (exact) mass is 335 g/mol. The van der Waals surface area contributed by atoms with Crippen LogP contribution in [-0.2, 0) is 4.74 Å². The first kappa shape index (κ1) is 17.1. The maximum atomic E-state index is 13.1. The molecule has 1 fully saturated rings. The van der Waals surface area contributed by atoms with Crippen molar-refractivity contribution in [3.05, 3.63) is 34.9 Å². The first-order chi connectivity index (χ1) is 10.4. The van der Waals surface area contributed by atoms with Gasteiger partial charge in [-0.05, 0) is 44.1 Å². The fourth-order valence-corrected chi connectivity index (χ4v) is 2.59. The number of hydrogen-bond donors (Lipinski definition) is 0. The lowest BCUT2D eigenvalue weighted by molar-refractivity contribution is -0.209. The molecule has 1 saturated heterocycles. The number of benzene rings is 1. The van der Waals surface area contributed by atoms with E-state index in [4.69, 9.17) is 16.3 Å². The summed E-state index contributed by atoms with van der Waals surface area (Å²) >= 11 is 5.73. The van der Waals surface area contributed by atoms with E-state index >= 15 is 0 Å².